The number of thiophene rings is 1. The number of carboxylic acid groups (broad SMARTS) is 1. The Bertz CT molecular complexity index is 920. The number of nitrogens with one attached hydrogen (secondary N) is 1. The quantitative estimate of drug-likeness (QED) is 0.676. The van der Waals surface area contributed by atoms with E-state index >= 15 is 0 Å². The zero-order valence-corrected chi connectivity index (χ0v) is 14.5. The van der Waals surface area contributed by atoms with Gasteiger partial charge in [-0.25, -0.2) is 14.8 Å². The lowest BCUT2D eigenvalue weighted by atomic mass is 10.2. The lowest BCUT2D eigenvalue weighted by molar-refractivity contribution is 0.0701. The monoisotopic (exact) mass is 367 g/mol. The smallest absolute Gasteiger partial charge is 0.346 e. The molecular weight excluding hydrogens is 357 g/mol. The highest BCUT2D eigenvalue weighted by molar-refractivity contribution is 7.20. The number of para-hydroxylation sites is 1. The van der Waals surface area contributed by atoms with Gasteiger partial charge in [-0.2, -0.15) is 0 Å². The van der Waals surface area contributed by atoms with Crippen LogP contribution < -0.4 is 5.32 Å². The van der Waals surface area contributed by atoms with E-state index in [1.807, 2.05) is 0 Å². The van der Waals surface area contributed by atoms with Gasteiger partial charge in [0.15, 0.2) is 0 Å². The summed E-state index contributed by atoms with van der Waals surface area (Å²) in [6.07, 6.45) is 0. The fraction of sp³-hybridized carbons (Fsp3) is 0.133. The molecule has 0 fully saturated rings. The first-order chi connectivity index (χ1) is 10.9. The minimum Gasteiger partial charge on any atom is -0.477 e. The van der Waals surface area contributed by atoms with E-state index in [9.17, 15) is 9.90 Å². The Morgan fingerprint density at radius 3 is 2.48 bits per heavy atom. The van der Waals surface area contributed by atoms with E-state index in [-0.39, 0.29) is 4.88 Å². The number of anilines is 2. The van der Waals surface area contributed by atoms with Gasteiger partial charge in [0, 0.05) is 0 Å². The van der Waals surface area contributed by atoms with Gasteiger partial charge in [0.25, 0.3) is 0 Å². The summed E-state index contributed by atoms with van der Waals surface area (Å²) in [5, 5.41) is 14.0. The van der Waals surface area contributed by atoms with Crippen molar-refractivity contribution in [3.63, 3.8) is 0 Å². The molecule has 118 valence electrons. The van der Waals surface area contributed by atoms with Crippen molar-refractivity contribution in [2.75, 3.05) is 5.32 Å². The van der Waals surface area contributed by atoms with E-state index in [0.717, 1.165) is 11.3 Å². The zero-order chi connectivity index (χ0) is 16.7. The van der Waals surface area contributed by atoms with Gasteiger partial charge in [-0.05, 0) is 31.5 Å². The Morgan fingerprint density at radius 1 is 1.22 bits per heavy atom. The summed E-state index contributed by atoms with van der Waals surface area (Å²) in [6.45, 7) is 3.48. The first-order valence-electron chi connectivity index (χ1n) is 6.60. The summed E-state index contributed by atoms with van der Waals surface area (Å²) in [5.41, 5.74) is 1.14. The summed E-state index contributed by atoms with van der Waals surface area (Å²) < 4.78 is 0. The third-order valence-corrected chi connectivity index (χ3v) is 5.11. The first kappa shape index (κ1) is 16.0. The number of nitrogens with zero attached hydrogens (tertiary/aromatic N) is 2. The summed E-state index contributed by atoms with van der Waals surface area (Å²) in [6, 6.07) is 5.17. The maximum Gasteiger partial charge on any atom is 0.346 e. The number of hydrogen-bond donors (Lipinski definition) is 2. The average Bonchev–Trinajstić information content (AvgIpc) is 2.80. The molecule has 0 spiro atoms. The average molecular weight is 368 g/mol. The van der Waals surface area contributed by atoms with Gasteiger partial charge in [-0.15, -0.1) is 11.3 Å². The molecular formula is C15H11Cl2N3O2S. The first-order valence-corrected chi connectivity index (χ1v) is 8.17. The van der Waals surface area contributed by atoms with Crippen molar-refractivity contribution >= 4 is 62.2 Å². The molecule has 3 aromatic rings. The van der Waals surface area contributed by atoms with E-state index in [1.54, 1.807) is 32.0 Å². The largest absolute Gasteiger partial charge is 0.477 e. The van der Waals surface area contributed by atoms with Gasteiger partial charge >= 0.3 is 5.97 Å². The van der Waals surface area contributed by atoms with Crippen LogP contribution >= 0.6 is 34.5 Å². The fourth-order valence-electron chi connectivity index (χ4n) is 2.28. The molecule has 0 bridgehead atoms. The number of hydrogen-bond acceptors (Lipinski definition) is 5. The normalized spacial score (nSPS) is 11.0. The van der Waals surface area contributed by atoms with Gasteiger partial charge in [0.1, 0.15) is 21.3 Å². The predicted octanol–water partition coefficient (Wildman–Crippen LogP) is 5.06. The Hall–Kier alpha value is -1.89. The molecule has 2 heterocycles. The molecule has 2 aromatic heterocycles. The summed E-state index contributed by atoms with van der Waals surface area (Å²) in [4.78, 5) is 20.9. The lowest BCUT2D eigenvalue weighted by Gasteiger charge is -2.11. The van der Waals surface area contributed by atoms with Crippen molar-refractivity contribution in [2.24, 2.45) is 0 Å². The predicted molar refractivity (Wildman–Crippen MR) is 93.6 cm³/mol. The highest BCUT2D eigenvalue weighted by Crippen LogP contribution is 2.38. The standard InChI is InChI=1S/C15H11Cl2N3O2S/c1-6-10-13(20-11-8(16)4-3-5-9(11)17)18-7(2)19-14(10)23-12(6)15(21)22/h3-5H,1-2H3,(H,21,22)(H,18,19,20). The van der Waals surface area contributed by atoms with Crippen LogP contribution in [0.25, 0.3) is 10.2 Å². The van der Waals surface area contributed by atoms with Crippen molar-refractivity contribution in [3.8, 4) is 0 Å². The highest BCUT2D eigenvalue weighted by Gasteiger charge is 2.20. The number of halogens is 2. The number of benzene rings is 1. The number of carbonyl (C=O) groups is 1. The van der Waals surface area contributed by atoms with Crippen LogP contribution in [0.1, 0.15) is 21.1 Å². The second kappa shape index (κ2) is 5.96. The van der Waals surface area contributed by atoms with Crippen molar-refractivity contribution in [3.05, 3.63) is 44.5 Å². The second-order valence-electron chi connectivity index (χ2n) is 4.88. The molecule has 0 saturated heterocycles. The van der Waals surface area contributed by atoms with Crippen molar-refractivity contribution in [2.45, 2.75) is 13.8 Å². The molecule has 0 aliphatic heterocycles. The Kier molecular flexibility index (Phi) is 4.14. The summed E-state index contributed by atoms with van der Waals surface area (Å²) in [5.74, 6) is 0.0370. The molecule has 1 aromatic carbocycles. The van der Waals surface area contributed by atoms with Crippen molar-refractivity contribution < 1.29 is 9.90 Å². The molecule has 0 aliphatic rings. The minimum absolute atomic E-state index is 0.244. The van der Waals surface area contributed by atoms with Gasteiger partial charge in [-0.3, -0.25) is 0 Å². The van der Waals surface area contributed by atoms with Crippen molar-refractivity contribution in [1.82, 2.24) is 9.97 Å². The summed E-state index contributed by atoms with van der Waals surface area (Å²) in [7, 11) is 0. The molecule has 0 aliphatic carbocycles. The summed E-state index contributed by atoms with van der Waals surface area (Å²) >= 11 is 13.5. The molecule has 0 amide bonds. The van der Waals surface area contributed by atoms with E-state index in [0.29, 0.717) is 43.2 Å². The van der Waals surface area contributed by atoms with E-state index in [4.69, 9.17) is 23.2 Å². The SMILES string of the molecule is Cc1nc(Nc2c(Cl)cccc2Cl)c2c(C)c(C(=O)O)sc2n1. The van der Waals surface area contributed by atoms with E-state index < -0.39 is 5.97 Å². The number of fused-ring (bicyclic) bond motifs is 1. The number of carboxylic acids is 1. The van der Waals surface area contributed by atoms with Gasteiger partial charge in [0.05, 0.1) is 21.1 Å². The molecule has 5 nitrogen and oxygen atoms in total. The van der Waals surface area contributed by atoms with Crippen LogP contribution in [0.15, 0.2) is 18.2 Å². The Balaban J connectivity index is 2.23. The molecule has 2 N–H and O–H groups in total. The molecule has 0 radical (unpaired) electrons. The second-order valence-corrected chi connectivity index (χ2v) is 6.70. The number of rotatable bonds is 3. The van der Waals surface area contributed by atoms with Crippen LogP contribution in [0, 0.1) is 13.8 Å². The van der Waals surface area contributed by atoms with Gasteiger partial charge in [-0.1, -0.05) is 29.3 Å². The number of aromatic nitrogens is 2. The van der Waals surface area contributed by atoms with Crippen LogP contribution in [0.2, 0.25) is 10.0 Å². The Labute approximate surface area is 145 Å². The Morgan fingerprint density at radius 2 is 1.87 bits per heavy atom. The van der Waals surface area contributed by atoms with E-state index in [1.165, 1.54) is 0 Å². The third kappa shape index (κ3) is 2.85. The topological polar surface area (TPSA) is 75.1 Å². The van der Waals surface area contributed by atoms with Crippen LogP contribution in [-0.4, -0.2) is 21.0 Å². The number of aromatic carboxylic acids is 1. The van der Waals surface area contributed by atoms with Crippen LogP contribution in [0.3, 0.4) is 0 Å². The number of aryl methyl sites for hydroxylation is 2. The molecule has 0 atom stereocenters. The third-order valence-electron chi connectivity index (χ3n) is 3.30. The maximum atomic E-state index is 11.4. The van der Waals surface area contributed by atoms with Crippen LogP contribution in [-0.2, 0) is 0 Å². The van der Waals surface area contributed by atoms with Gasteiger partial charge < -0.3 is 10.4 Å². The maximum absolute atomic E-state index is 11.4. The van der Waals surface area contributed by atoms with Crippen molar-refractivity contribution in [1.29, 1.82) is 0 Å². The highest BCUT2D eigenvalue weighted by atomic mass is 35.5. The van der Waals surface area contributed by atoms with Crippen LogP contribution in [0.4, 0.5) is 11.5 Å². The lowest BCUT2D eigenvalue weighted by Crippen LogP contribution is -2.00. The zero-order valence-electron chi connectivity index (χ0n) is 12.1. The molecule has 23 heavy (non-hydrogen) atoms. The molecule has 0 saturated carbocycles. The van der Waals surface area contributed by atoms with Crippen LogP contribution in [0.5, 0.6) is 0 Å². The fourth-order valence-corrected chi connectivity index (χ4v) is 3.83. The molecule has 3 rings (SSSR count). The molecule has 8 heteroatoms. The van der Waals surface area contributed by atoms with E-state index in [2.05, 4.69) is 15.3 Å². The molecule has 0 unspecified atom stereocenters. The minimum atomic E-state index is -0.982. The van der Waals surface area contributed by atoms with Gasteiger partial charge in [0.2, 0.25) is 0 Å².